The Bertz CT molecular complexity index is 1840. The number of halogens is 4. The van der Waals surface area contributed by atoms with Gasteiger partial charge in [0.05, 0.1) is 15.6 Å². The highest BCUT2D eigenvalue weighted by Crippen LogP contribution is 2.30. The predicted molar refractivity (Wildman–Crippen MR) is 188 cm³/mol. The molecule has 2 amide bonds. The summed E-state index contributed by atoms with van der Waals surface area (Å²) in [7, 11) is -4.37. The first-order valence-corrected chi connectivity index (χ1v) is 18.2. The van der Waals surface area contributed by atoms with Crippen molar-refractivity contribution in [1.29, 1.82) is 0 Å². The highest BCUT2D eigenvalue weighted by atomic mass is 35.5. The van der Waals surface area contributed by atoms with Gasteiger partial charge in [-0.2, -0.15) is 0 Å². The molecule has 1 aliphatic rings. The zero-order valence-electron chi connectivity index (χ0n) is 26.0. The Balaban J connectivity index is 1.59. The van der Waals surface area contributed by atoms with Crippen LogP contribution in [0.25, 0.3) is 0 Å². The van der Waals surface area contributed by atoms with Crippen LogP contribution in [-0.2, 0) is 32.6 Å². The van der Waals surface area contributed by atoms with E-state index in [4.69, 9.17) is 34.8 Å². The van der Waals surface area contributed by atoms with Gasteiger partial charge in [-0.3, -0.25) is 13.9 Å². The molecule has 1 fully saturated rings. The quantitative estimate of drug-likeness (QED) is 0.160. The molecule has 0 bridgehead atoms. The molecule has 252 valence electrons. The van der Waals surface area contributed by atoms with Gasteiger partial charge >= 0.3 is 0 Å². The number of hydrogen-bond acceptors (Lipinski definition) is 4. The third-order valence-electron chi connectivity index (χ3n) is 8.38. The molecule has 1 atom stereocenters. The summed E-state index contributed by atoms with van der Waals surface area (Å²) in [4.78, 5) is 30.1. The summed E-state index contributed by atoms with van der Waals surface area (Å²) < 4.78 is 43.3. The molecule has 0 aliphatic heterocycles. The fraction of sp³-hybridized carbons (Fsp3) is 0.278. The normalized spacial score (nSPS) is 14.2. The molecule has 1 aliphatic carbocycles. The summed E-state index contributed by atoms with van der Waals surface area (Å²) in [6.45, 7) is -0.833. The van der Waals surface area contributed by atoms with Crippen molar-refractivity contribution in [2.75, 3.05) is 10.8 Å². The Morgan fingerprint density at radius 3 is 2.15 bits per heavy atom. The molecule has 1 N–H and O–H groups in total. The summed E-state index contributed by atoms with van der Waals surface area (Å²) >= 11 is 18.9. The van der Waals surface area contributed by atoms with E-state index < -0.39 is 34.3 Å². The van der Waals surface area contributed by atoms with Gasteiger partial charge in [-0.15, -0.1) is 0 Å². The standard InChI is InChI=1S/C36H35Cl3FN3O4S/c37-27-17-16-26(31(38)21-27)23-42(34(20-25-10-4-1-5-11-25)36(45)41-28-12-6-2-7-13-28)35(44)24-43(29-18-19-33(40)32(39)22-29)48(46,47)30-14-8-3-9-15-30/h1,3-5,8-11,14-19,21-22,28,34H,2,6-7,12-13,20,23-24H2,(H,41,45)/t34-/m1/s1. The van der Waals surface area contributed by atoms with E-state index >= 15 is 0 Å². The Morgan fingerprint density at radius 2 is 1.50 bits per heavy atom. The molecular formula is C36H35Cl3FN3O4S. The second kappa shape index (κ2) is 16.2. The molecule has 0 radical (unpaired) electrons. The lowest BCUT2D eigenvalue weighted by atomic mass is 9.94. The van der Waals surface area contributed by atoms with Crippen LogP contribution in [0.15, 0.2) is 102 Å². The molecule has 0 unspecified atom stereocenters. The lowest BCUT2D eigenvalue weighted by molar-refractivity contribution is -0.140. The first-order chi connectivity index (χ1) is 23.0. The molecule has 4 aromatic carbocycles. The van der Waals surface area contributed by atoms with Crippen LogP contribution in [0.2, 0.25) is 15.1 Å². The number of hydrogen-bond donors (Lipinski definition) is 1. The van der Waals surface area contributed by atoms with E-state index in [1.807, 2.05) is 30.3 Å². The lowest BCUT2D eigenvalue weighted by Crippen LogP contribution is -2.55. The maximum Gasteiger partial charge on any atom is 0.264 e. The van der Waals surface area contributed by atoms with Crippen LogP contribution in [-0.4, -0.2) is 43.8 Å². The summed E-state index contributed by atoms with van der Waals surface area (Å²) in [5, 5.41) is 3.53. The average molecular weight is 731 g/mol. The maximum atomic E-state index is 14.6. The van der Waals surface area contributed by atoms with Crippen molar-refractivity contribution in [3.8, 4) is 0 Å². The number of sulfonamides is 1. The Hall–Kier alpha value is -3.63. The highest BCUT2D eigenvalue weighted by Gasteiger charge is 2.36. The van der Waals surface area contributed by atoms with E-state index in [-0.39, 0.29) is 45.5 Å². The second-order valence-electron chi connectivity index (χ2n) is 11.7. The van der Waals surface area contributed by atoms with Crippen LogP contribution in [0.5, 0.6) is 0 Å². The predicted octanol–water partition coefficient (Wildman–Crippen LogP) is 8.07. The Labute approximate surface area is 295 Å². The molecule has 0 heterocycles. The van der Waals surface area contributed by atoms with Crippen LogP contribution >= 0.6 is 34.8 Å². The Morgan fingerprint density at radius 1 is 0.833 bits per heavy atom. The smallest absolute Gasteiger partial charge is 0.264 e. The van der Waals surface area contributed by atoms with Crippen molar-refractivity contribution < 1.29 is 22.4 Å². The van der Waals surface area contributed by atoms with E-state index in [1.54, 1.807) is 36.4 Å². The molecule has 0 aromatic heterocycles. The third-order valence-corrected chi connectivity index (χ3v) is 11.0. The zero-order valence-corrected chi connectivity index (χ0v) is 29.1. The van der Waals surface area contributed by atoms with E-state index in [2.05, 4.69) is 5.32 Å². The molecule has 0 saturated heterocycles. The minimum Gasteiger partial charge on any atom is -0.352 e. The number of carbonyl (C=O) groups is 2. The SMILES string of the molecule is O=C(NC1CCCCC1)[C@@H](Cc1ccccc1)N(Cc1ccc(Cl)cc1Cl)C(=O)CN(c1ccc(F)c(Cl)c1)S(=O)(=O)c1ccccc1. The molecule has 0 spiro atoms. The lowest BCUT2D eigenvalue weighted by Gasteiger charge is -2.35. The van der Waals surface area contributed by atoms with Crippen molar-refractivity contribution in [3.63, 3.8) is 0 Å². The third kappa shape index (κ3) is 8.88. The van der Waals surface area contributed by atoms with E-state index in [1.165, 1.54) is 23.1 Å². The number of benzene rings is 4. The van der Waals surface area contributed by atoms with Gasteiger partial charge < -0.3 is 10.2 Å². The second-order valence-corrected chi connectivity index (χ2v) is 14.8. The van der Waals surface area contributed by atoms with Crippen LogP contribution in [0.3, 0.4) is 0 Å². The average Bonchev–Trinajstić information content (AvgIpc) is 3.08. The van der Waals surface area contributed by atoms with Gasteiger partial charge in [0.15, 0.2) is 0 Å². The first-order valence-electron chi connectivity index (χ1n) is 15.6. The fourth-order valence-corrected chi connectivity index (χ4v) is 7.89. The highest BCUT2D eigenvalue weighted by molar-refractivity contribution is 7.92. The van der Waals surface area contributed by atoms with Crippen LogP contribution in [0.4, 0.5) is 10.1 Å². The summed E-state index contributed by atoms with van der Waals surface area (Å²) in [6.07, 6.45) is 4.89. The maximum absolute atomic E-state index is 14.6. The van der Waals surface area contributed by atoms with Gasteiger partial charge in [0.1, 0.15) is 18.4 Å². The number of nitrogens with one attached hydrogen (secondary N) is 1. The van der Waals surface area contributed by atoms with Crippen molar-refractivity contribution in [3.05, 3.63) is 129 Å². The molecule has 5 rings (SSSR count). The summed E-state index contributed by atoms with van der Waals surface area (Å²) in [6, 6.07) is 24.1. The number of nitrogens with zero attached hydrogens (tertiary/aromatic N) is 2. The molecule has 1 saturated carbocycles. The van der Waals surface area contributed by atoms with Crippen molar-refractivity contribution in [2.24, 2.45) is 0 Å². The topological polar surface area (TPSA) is 86.8 Å². The fourth-order valence-electron chi connectivity index (χ4n) is 5.82. The monoisotopic (exact) mass is 729 g/mol. The molecule has 12 heteroatoms. The van der Waals surface area contributed by atoms with Gasteiger partial charge in [-0.25, -0.2) is 12.8 Å². The van der Waals surface area contributed by atoms with Gasteiger partial charge in [0, 0.05) is 29.1 Å². The van der Waals surface area contributed by atoms with Crippen LogP contribution < -0.4 is 9.62 Å². The number of rotatable bonds is 12. The van der Waals surface area contributed by atoms with Crippen molar-refractivity contribution >= 4 is 62.3 Å². The number of anilines is 1. The summed E-state index contributed by atoms with van der Waals surface area (Å²) in [5.41, 5.74) is 1.30. The van der Waals surface area contributed by atoms with E-state index in [0.29, 0.717) is 10.6 Å². The van der Waals surface area contributed by atoms with Crippen LogP contribution in [0.1, 0.15) is 43.2 Å². The van der Waals surface area contributed by atoms with Gasteiger partial charge in [0.2, 0.25) is 11.8 Å². The largest absolute Gasteiger partial charge is 0.352 e. The number of amides is 2. The van der Waals surface area contributed by atoms with Crippen molar-refractivity contribution in [2.45, 2.75) is 62.0 Å². The van der Waals surface area contributed by atoms with Gasteiger partial charge in [-0.1, -0.05) is 109 Å². The minimum absolute atomic E-state index is 0.0191. The van der Waals surface area contributed by atoms with Crippen molar-refractivity contribution in [1.82, 2.24) is 10.2 Å². The van der Waals surface area contributed by atoms with Gasteiger partial charge in [-0.05, 0) is 66.4 Å². The molecule has 48 heavy (non-hydrogen) atoms. The van der Waals surface area contributed by atoms with Crippen LogP contribution in [0, 0.1) is 5.82 Å². The first kappa shape index (κ1) is 35.7. The molecular weight excluding hydrogens is 696 g/mol. The number of carbonyl (C=O) groups excluding carboxylic acids is 2. The zero-order chi connectivity index (χ0) is 34.3. The van der Waals surface area contributed by atoms with Gasteiger partial charge in [0.25, 0.3) is 10.0 Å². The minimum atomic E-state index is -4.37. The van der Waals surface area contributed by atoms with E-state index in [0.717, 1.165) is 54.1 Å². The molecule has 7 nitrogen and oxygen atoms in total. The Kier molecular flexibility index (Phi) is 12.0. The molecule has 4 aromatic rings. The summed E-state index contributed by atoms with van der Waals surface area (Å²) in [5.74, 6) is -1.78. The van der Waals surface area contributed by atoms with E-state index in [9.17, 15) is 22.4 Å².